The summed E-state index contributed by atoms with van der Waals surface area (Å²) in [5, 5.41) is 8.66. The normalized spacial score (nSPS) is 10.7. The third-order valence-corrected chi connectivity index (χ3v) is 2.73. The molecule has 0 radical (unpaired) electrons. The first kappa shape index (κ1) is 14.0. The first-order valence-corrected chi connectivity index (χ1v) is 6.41. The van der Waals surface area contributed by atoms with E-state index in [-0.39, 0.29) is 19.0 Å². The second-order valence-corrected chi connectivity index (χ2v) is 4.20. The minimum absolute atomic E-state index is 0.0273. The first-order chi connectivity index (χ1) is 9.79. The number of hydrogen-bond donors (Lipinski definition) is 1. The van der Waals surface area contributed by atoms with Gasteiger partial charge in [0.05, 0.1) is 6.61 Å². The fourth-order valence-electron chi connectivity index (χ4n) is 1.71. The Morgan fingerprint density at radius 2 is 1.75 bits per heavy atom. The molecule has 1 N–H and O–H groups in total. The third kappa shape index (κ3) is 4.07. The standard InChI is InChI=1S/C17H16O3/c18-12-13-20-16-9-7-15(8-10-16)17(19)11-6-14-4-2-1-3-5-14/h1-11,18H,12-13H2. The van der Waals surface area contributed by atoms with Crippen LogP contribution in [0.3, 0.4) is 0 Å². The summed E-state index contributed by atoms with van der Waals surface area (Å²) >= 11 is 0. The van der Waals surface area contributed by atoms with E-state index in [1.54, 1.807) is 36.4 Å². The van der Waals surface area contributed by atoms with Gasteiger partial charge in [0.1, 0.15) is 12.4 Å². The van der Waals surface area contributed by atoms with Crippen LogP contribution in [0.2, 0.25) is 0 Å². The Morgan fingerprint density at radius 3 is 2.40 bits per heavy atom. The van der Waals surface area contributed by atoms with E-state index >= 15 is 0 Å². The van der Waals surface area contributed by atoms with Gasteiger partial charge in [0.15, 0.2) is 5.78 Å². The van der Waals surface area contributed by atoms with Crippen molar-refractivity contribution in [3.05, 3.63) is 71.8 Å². The van der Waals surface area contributed by atoms with Gasteiger partial charge in [0.2, 0.25) is 0 Å². The van der Waals surface area contributed by atoms with Gasteiger partial charge in [-0.2, -0.15) is 0 Å². The zero-order chi connectivity index (χ0) is 14.2. The Balaban J connectivity index is 2.00. The van der Waals surface area contributed by atoms with Crippen LogP contribution < -0.4 is 4.74 Å². The SMILES string of the molecule is O=C(C=Cc1ccccc1)c1ccc(OCCO)cc1. The average Bonchev–Trinajstić information content (AvgIpc) is 2.52. The van der Waals surface area contributed by atoms with E-state index in [1.807, 2.05) is 30.3 Å². The number of hydrogen-bond acceptors (Lipinski definition) is 3. The summed E-state index contributed by atoms with van der Waals surface area (Å²) in [6, 6.07) is 16.5. The average molecular weight is 268 g/mol. The second kappa shape index (κ2) is 7.26. The number of rotatable bonds is 6. The number of ether oxygens (including phenoxy) is 1. The molecule has 0 fully saturated rings. The highest BCUT2D eigenvalue weighted by Crippen LogP contribution is 2.13. The molecule has 0 amide bonds. The van der Waals surface area contributed by atoms with Gasteiger partial charge < -0.3 is 9.84 Å². The highest BCUT2D eigenvalue weighted by Gasteiger charge is 2.02. The third-order valence-electron chi connectivity index (χ3n) is 2.73. The Bertz CT molecular complexity index is 571. The predicted molar refractivity (Wildman–Crippen MR) is 78.8 cm³/mol. The summed E-state index contributed by atoms with van der Waals surface area (Å²) in [6.45, 7) is 0.224. The quantitative estimate of drug-likeness (QED) is 0.647. The van der Waals surface area contributed by atoms with E-state index in [1.165, 1.54) is 0 Å². The first-order valence-electron chi connectivity index (χ1n) is 6.41. The maximum Gasteiger partial charge on any atom is 0.185 e. The highest BCUT2D eigenvalue weighted by atomic mass is 16.5. The predicted octanol–water partition coefficient (Wildman–Crippen LogP) is 2.95. The van der Waals surface area contributed by atoms with Crippen molar-refractivity contribution >= 4 is 11.9 Å². The Hall–Kier alpha value is -2.39. The molecule has 0 aliphatic carbocycles. The van der Waals surface area contributed by atoms with Crippen LogP contribution in [0.5, 0.6) is 5.75 Å². The number of aliphatic hydroxyl groups excluding tert-OH is 1. The van der Waals surface area contributed by atoms with E-state index in [0.29, 0.717) is 11.3 Å². The molecule has 3 nitrogen and oxygen atoms in total. The molecule has 0 bridgehead atoms. The van der Waals surface area contributed by atoms with Crippen molar-refractivity contribution in [3.8, 4) is 5.75 Å². The van der Waals surface area contributed by atoms with Gasteiger partial charge in [0, 0.05) is 5.56 Å². The summed E-state index contributed by atoms with van der Waals surface area (Å²) < 4.78 is 5.24. The lowest BCUT2D eigenvalue weighted by molar-refractivity contribution is 0.104. The topological polar surface area (TPSA) is 46.5 Å². The van der Waals surface area contributed by atoms with Crippen molar-refractivity contribution in [2.45, 2.75) is 0 Å². The fraction of sp³-hybridized carbons (Fsp3) is 0.118. The van der Waals surface area contributed by atoms with Crippen LogP contribution in [0.15, 0.2) is 60.7 Å². The molecule has 0 unspecified atom stereocenters. The monoisotopic (exact) mass is 268 g/mol. The van der Waals surface area contributed by atoms with Crippen LogP contribution in [0.25, 0.3) is 6.08 Å². The molecule has 2 aromatic carbocycles. The molecule has 0 aliphatic rings. The van der Waals surface area contributed by atoms with Crippen LogP contribution >= 0.6 is 0 Å². The van der Waals surface area contributed by atoms with E-state index in [4.69, 9.17) is 9.84 Å². The van der Waals surface area contributed by atoms with Crippen LogP contribution in [-0.4, -0.2) is 24.1 Å². The van der Waals surface area contributed by atoms with Crippen LogP contribution in [-0.2, 0) is 0 Å². The van der Waals surface area contributed by atoms with Crippen LogP contribution in [0.1, 0.15) is 15.9 Å². The van der Waals surface area contributed by atoms with Gasteiger partial charge in [-0.25, -0.2) is 0 Å². The number of ketones is 1. The van der Waals surface area contributed by atoms with Gasteiger partial charge in [-0.1, -0.05) is 36.4 Å². The van der Waals surface area contributed by atoms with Gasteiger partial charge in [-0.3, -0.25) is 4.79 Å². The second-order valence-electron chi connectivity index (χ2n) is 4.20. The molecule has 0 heterocycles. The maximum absolute atomic E-state index is 12.0. The minimum atomic E-state index is -0.0532. The van der Waals surface area contributed by atoms with Crippen molar-refractivity contribution in [2.24, 2.45) is 0 Å². The molecule has 2 aromatic rings. The maximum atomic E-state index is 12.0. The zero-order valence-corrected chi connectivity index (χ0v) is 11.0. The molecule has 0 spiro atoms. The Morgan fingerprint density at radius 1 is 1.05 bits per heavy atom. The van der Waals surface area contributed by atoms with Crippen LogP contribution in [0, 0.1) is 0 Å². The van der Waals surface area contributed by atoms with Gasteiger partial charge in [-0.05, 0) is 35.9 Å². The number of aliphatic hydroxyl groups is 1. The van der Waals surface area contributed by atoms with Crippen molar-refractivity contribution in [1.82, 2.24) is 0 Å². The van der Waals surface area contributed by atoms with Crippen LogP contribution in [0.4, 0.5) is 0 Å². The lowest BCUT2D eigenvalue weighted by atomic mass is 10.1. The molecule has 0 aliphatic heterocycles. The van der Waals surface area contributed by atoms with E-state index < -0.39 is 0 Å². The van der Waals surface area contributed by atoms with Crippen molar-refractivity contribution in [2.75, 3.05) is 13.2 Å². The smallest absolute Gasteiger partial charge is 0.185 e. The summed E-state index contributed by atoms with van der Waals surface area (Å²) in [5.41, 5.74) is 1.59. The summed E-state index contributed by atoms with van der Waals surface area (Å²) in [5.74, 6) is 0.588. The summed E-state index contributed by atoms with van der Waals surface area (Å²) in [7, 11) is 0. The number of benzene rings is 2. The lowest BCUT2D eigenvalue weighted by Crippen LogP contribution is -2.02. The molecule has 3 heteroatoms. The molecule has 0 atom stereocenters. The van der Waals surface area contributed by atoms with Gasteiger partial charge in [0.25, 0.3) is 0 Å². The Kier molecular flexibility index (Phi) is 5.09. The van der Waals surface area contributed by atoms with Crippen molar-refractivity contribution in [1.29, 1.82) is 0 Å². The zero-order valence-electron chi connectivity index (χ0n) is 11.0. The molecule has 0 aromatic heterocycles. The van der Waals surface area contributed by atoms with E-state index in [0.717, 1.165) is 5.56 Å². The number of allylic oxidation sites excluding steroid dienone is 1. The lowest BCUT2D eigenvalue weighted by Gasteiger charge is -2.04. The molecule has 20 heavy (non-hydrogen) atoms. The molecule has 0 saturated carbocycles. The fourth-order valence-corrected chi connectivity index (χ4v) is 1.71. The Labute approximate surface area is 118 Å². The number of carbonyl (C=O) groups is 1. The molecule has 0 saturated heterocycles. The summed E-state index contributed by atoms with van der Waals surface area (Å²) in [4.78, 5) is 12.0. The molecule has 2 rings (SSSR count). The molecular weight excluding hydrogens is 252 g/mol. The number of carbonyl (C=O) groups excluding carboxylic acids is 1. The van der Waals surface area contributed by atoms with Crippen molar-refractivity contribution < 1.29 is 14.6 Å². The highest BCUT2D eigenvalue weighted by molar-refractivity contribution is 6.06. The summed E-state index contributed by atoms with van der Waals surface area (Å²) in [6.07, 6.45) is 3.34. The van der Waals surface area contributed by atoms with E-state index in [9.17, 15) is 4.79 Å². The van der Waals surface area contributed by atoms with Gasteiger partial charge >= 0.3 is 0 Å². The minimum Gasteiger partial charge on any atom is -0.491 e. The van der Waals surface area contributed by atoms with Gasteiger partial charge in [-0.15, -0.1) is 0 Å². The largest absolute Gasteiger partial charge is 0.491 e. The van der Waals surface area contributed by atoms with Crippen molar-refractivity contribution in [3.63, 3.8) is 0 Å². The van der Waals surface area contributed by atoms with E-state index in [2.05, 4.69) is 0 Å². The molecule has 102 valence electrons. The molecular formula is C17H16O3.